The fourth-order valence-electron chi connectivity index (χ4n) is 2.10. The zero-order valence-corrected chi connectivity index (χ0v) is 14.5. The molecule has 2 rings (SSSR count). The highest BCUT2D eigenvalue weighted by Crippen LogP contribution is 2.25. The van der Waals surface area contributed by atoms with Gasteiger partial charge in [-0.05, 0) is 24.3 Å². The van der Waals surface area contributed by atoms with Crippen LogP contribution in [0.4, 0.5) is 5.69 Å². The summed E-state index contributed by atoms with van der Waals surface area (Å²) in [6, 6.07) is 12.8. The van der Waals surface area contributed by atoms with E-state index in [1.54, 1.807) is 37.3 Å². The van der Waals surface area contributed by atoms with Gasteiger partial charge in [-0.15, -0.1) is 0 Å². The van der Waals surface area contributed by atoms with Crippen LogP contribution in [0.5, 0.6) is 5.75 Å². The van der Waals surface area contributed by atoms with Crippen molar-refractivity contribution < 1.29 is 9.53 Å². The van der Waals surface area contributed by atoms with E-state index in [4.69, 9.17) is 27.9 Å². The van der Waals surface area contributed by atoms with Gasteiger partial charge in [0.15, 0.2) is 0 Å². The van der Waals surface area contributed by atoms with Crippen LogP contribution in [0.15, 0.2) is 42.5 Å². The van der Waals surface area contributed by atoms with Gasteiger partial charge in [-0.3, -0.25) is 4.79 Å². The van der Waals surface area contributed by atoms with E-state index in [0.29, 0.717) is 16.6 Å². The van der Waals surface area contributed by atoms with Gasteiger partial charge in [0.25, 0.3) is 0 Å². The Balaban J connectivity index is 1.93. The van der Waals surface area contributed by atoms with E-state index in [2.05, 4.69) is 5.32 Å². The van der Waals surface area contributed by atoms with Gasteiger partial charge in [0.05, 0.1) is 23.7 Å². The number of benzene rings is 2. The third-order valence-corrected chi connectivity index (χ3v) is 4.13. The second-order valence-corrected chi connectivity index (χ2v) is 5.86. The molecule has 0 aliphatic heterocycles. The molecule has 0 spiro atoms. The van der Waals surface area contributed by atoms with Crippen molar-refractivity contribution in [3.63, 3.8) is 0 Å². The number of hydrogen-bond acceptors (Lipinski definition) is 3. The highest BCUT2D eigenvalue weighted by atomic mass is 35.5. The summed E-state index contributed by atoms with van der Waals surface area (Å²) in [7, 11) is 3.37. The van der Waals surface area contributed by atoms with Crippen LogP contribution in [0.2, 0.25) is 10.0 Å². The molecule has 0 fully saturated rings. The first-order valence-corrected chi connectivity index (χ1v) is 7.81. The lowest BCUT2D eigenvalue weighted by Gasteiger charge is -2.19. The van der Waals surface area contributed by atoms with Gasteiger partial charge in [0, 0.05) is 24.8 Å². The largest absolute Gasteiger partial charge is 0.496 e. The number of nitrogens with one attached hydrogen (secondary N) is 1. The maximum atomic E-state index is 12.2. The third-order valence-electron chi connectivity index (χ3n) is 3.39. The minimum Gasteiger partial charge on any atom is -0.496 e. The lowest BCUT2D eigenvalue weighted by atomic mass is 10.2. The van der Waals surface area contributed by atoms with Crippen molar-refractivity contribution >= 4 is 34.8 Å². The van der Waals surface area contributed by atoms with Crippen molar-refractivity contribution in [3.05, 3.63) is 58.1 Å². The van der Waals surface area contributed by atoms with E-state index in [0.717, 1.165) is 17.0 Å². The molecule has 0 unspecified atom stereocenters. The van der Waals surface area contributed by atoms with E-state index < -0.39 is 0 Å². The average Bonchev–Trinajstić information content (AvgIpc) is 2.56. The summed E-state index contributed by atoms with van der Waals surface area (Å²) < 4.78 is 5.30. The predicted octanol–water partition coefficient (Wildman–Crippen LogP) is 4.07. The molecular weight excluding hydrogens is 335 g/mol. The number of methoxy groups -OCH3 is 1. The Morgan fingerprint density at radius 3 is 2.61 bits per heavy atom. The van der Waals surface area contributed by atoms with Gasteiger partial charge < -0.3 is 15.0 Å². The molecule has 0 atom stereocenters. The van der Waals surface area contributed by atoms with Gasteiger partial charge in [-0.25, -0.2) is 0 Å². The van der Waals surface area contributed by atoms with Gasteiger partial charge in [0.2, 0.25) is 5.91 Å². The normalized spacial score (nSPS) is 10.3. The van der Waals surface area contributed by atoms with E-state index >= 15 is 0 Å². The fraction of sp³-hybridized carbons (Fsp3) is 0.235. The van der Waals surface area contributed by atoms with Crippen LogP contribution in [-0.2, 0) is 11.3 Å². The lowest BCUT2D eigenvalue weighted by molar-refractivity contribution is -0.128. The summed E-state index contributed by atoms with van der Waals surface area (Å²) in [4.78, 5) is 13.9. The van der Waals surface area contributed by atoms with Gasteiger partial charge >= 0.3 is 0 Å². The summed E-state index contributed by atoms with van der Waals surface area (Å²) in [5, 5.41) is 3.98. The first kappa shape index (κ1) is 17.4. The van der Waals surface area contributed by atoms with Crippen LogP contribution >= 0.6 is 23.2 Å². The van der Waals surface area contributed by atoms with Crippen molar-refractivity contribution in [3.8, 4) is 5.75 Å². The molecule has 122 valence electrons. The number of carbonyl (C=O) groups is 1. The smallest absolute Gasteiger partial charge is 0.241 e. The summed E-state index contributed by atoms with van der Waals surface area (Å²) in [6.07, 6.45) is 0. The second kappa shape index (κ2) is 8.09. The monoisotopic (exact) mass is 352 g/mol. The molecule has 2 aromatic rings. The molecule has 0 aliphatic rings. The average molecular weight is 353 g/mol. The number of halogens is 2. The van der Waals surface area contributed by atoms with Crippen molar-refractivity contribution in [1.29, 1.82) is 0 Å². The molecule has 0 aromatic heterocycles. The standard InChI is InChI=1S/C17H18Cl2N2O2/c1-21(11-12-5-3-4-6-16(12)23-2)17(22)10-20-13-7-8-14(18)15(19)9-13/h3-9,20H,10-11H2,1-2H3. The van der Waals surface area contributed by atoms with E-state index in [9.17, 15) is 4.79 Å². The van der Waals surface area contributed by atoms with Crippen molar-refractivity contribution in [2.45, 2.75) is 6.54 Å². The molecule has 0 saturated carbocycles. The third kappa shape index (κ3) is 4.78. The first-order valence-electron chi connectivity index (χ1n) is 7.06. The lowest BCUT2D eigenvalue weighted by Crippen LogP contribution is -2.31. The molecule has 0 bridgehead atoms. The number of carbonyl (C=O) groups excluding carboxylic acids is 1. The van der Waals surface area contributed by atoms with Crippen LogP contribution in [0, 0.1) is 0 Å². The zero-order chi connectivity index (χ0) is 16.8. The highest BCUT2D eigenvalue weighted by molar-refractivity contribution is 6.42. The number of nitrogens with zero attached hydrogens (tertiary/aromatic N) is 1. The minimum absolute atomic E-state index is 0.0398. The highest BCUT2D eigenvalue weighted by Gasteiger charge is 2.12. The van der Waals surface area contributed by atoms with Gasteiger partial charge in [-0.2, -0.15) is 0 Å². The van der Waals surface area contributed by atoms with Crippen molar-refractivity contribution in [1.82, 2.24) is 4.90 Å². The SMILES string of the molecule is COc1ccccc1CN(C)C(=O)CNc1ccc(Cl)c(Cl)c1. The summed E-state index contributed by atoms with van der Waals surface area (Å²) in [6.45, 7) is 0.648. The number of amides is 1. The number of anilines is 1. The topological polar surface area (TPSA) is 41.6 Å². The van der Waals surface area contributed by atoms with Crippen LogP contribution in [0.3, 0.4) is 0 Å². The van der Waals surface area contributed by atoms with Crippen molar-refractivity contribution in [2.75, 3.05) is 26.0 Å². The predicted molar refractivity (Wildman–Crippen MR) is 94.4 cm³/mol. The zero-order valence-electron chi connectivity index (χ0n) is 13.0. The molecule has 6 heteroatoms. The molecule has 4 nitrogen and oxygen atoms in total. The second-order valence-electron chi connectivity index (χ2n) is 5.04. The van der Waals surface area contributed by atoms with Crippen LogP contribution in [0.1, 0.15) is 5.56 Å². The van der Waals surface area contributed by atoms with Crippen molar-refractivity contribution in [2.24, 2.45) is 0 Å². The summed E-state index contributed by atoms with van der Waals surface area (Å²) >= 11 is 11.8. The number of para-hydroxylation sites is 1. The molecular formula is C17H18Cl2N2O2. The van der Waals surface area contributed by atoms with Gasteiger partial charge in [0.1, 0.15) is 5.75 Å². The van der Waals surface area contributed by atoms with Crippen LogP contribution in [-0.4, -0.2) is 31.5 Å². The summed E-state index contributed by atoms with van der Waals surface area (Å²) in [5.41, 5.74) is 1.71. The Labute approximate surface area is 146 Å². The maximum Gasteiger partial charge on any atom is 0.241 e. The first-order chi connectivity index (χ1) is 11.0. The van der Waals surface area contributed by atoms with Crippen LogP contribution < -0.4 is 10.1 Å². The Bertz CT molecular complexity index is 692. The molecule has 0 saturated heterocycles. The van der Waals surface area contributed by atoms with E-state index in [1.165, 1.54) is 0 Å². The quantitative estimate of drug-likeness (QED) is 0.851. The molecule has 23 heavy (non-hydrogen) atoms. The van der Waals surface area contributed by atoms with Crippen LogP contribution in [0.25, 0.3) is 0 Å². The Morgan fingerprint density at radius 1 is 1.17 bits per heavy atom. The number of ether oxygens (including phenoxy) is 1. The molecule has 1 amide bonds. The van der Waals surface area contributed by atoms with E-state index in [-0.39, 0.29) is 12.5 Å². The Hall–Kier alpha value is -1.91. The van der Waals surface area contributed by atoms with E-state index in [1.807, 2.05) is 24.3 Å². The maximum absolute atomic E-state index is 12.2. The number of likely N-dealkylation sites (N-methyl/N-ethyl adjacent to an activating group) is 1. The molecule has 1 N–H and O–H groups in total. The Kier molecular flexibility index (Phi) is 6.13. The van der Waals surface area contributed by atoms with Gasteiger partial charge in [-0.1, -0.05) is 41.4 Å². The number of hydrogen-bond donors (Lipinski definition) is 1. The molecule has 0 heterocycles. The number of rotatable bonds is 6. The fourth-order valence-corrected chi connectivity index (χ4v) is 2.39. The molecule has 2 aromatic carbocycles. The molecule has 0 aliphatic carbocycles. The Morgan fingerprint density at radius 2 is 1.91 bits per heavy atom. The molecule has 0 radical (unpaired) electrons. The minimum atomic E-state index is -0.0398. The summed E-state index contributed by atoms with van der Waals surface area (Å²) in [5.74, 6) is 0.728.